The number of nitrogens with zero attached hydrogens (tertiary/aromatic N) is 1. The number of hydrogen-bond acceptors (Lipinski definition) is 5. The number of methoxy groups -OCH3 is 1. The maximum absolute atomic E-state index is 13.8. The highest BCUT2D eigenvalue weighted by Crippen LogP contribution is 2.42. The monoisotopic (exact) mass is 499 g/mol. The molecule has 4 rings (SSSR count). The van der Waals surface area contributed by atoms with E-state index < -0.39 is 5.82 Å². The van der Waals surface area contributed by atoms with E-state index in [1.165, 1.54) is 25.3 Å². The van der Waals surface area contributed by atoms with Crippen LogP contribution in [0.2, 0.25) is 0 Å². The summed E-state index contributed by atoms with van der Waals surface area (Å²) < 4.78 is 31.5. The lowest BCUT2D eigenvalue weighted by atomic mass is 9.84. The highest BCUT2D eigenvalue weighted by atomic mass is 19.1. The summed E-state index contributed by atoms with van der Waals surface area (Å²) in [7, 11) is 1.46. The molecule has 5 nitrogen and oxygen atoms in total. The third kappa shape index (κ3) is 6.15. The van der Waals surface area contributed by atoms with E-state index in [9.17, 15) is 9.18 Å². The molecule has 0 saturated carbocycles. The number of hydrogen-bond donors (Lipinski definition) is 0. The standard InChI is InChI=1S/C31H30FNO4/c1-20-13-22(31(2,3)4)14-29(37-27-12-11-23(32)15-28(27)35-5)30(20)26-17-25(16-24(18-34)33-26)36-19-21-9-7-6-8-10-21/h6-18H,19H2,1-5H3. The van der Waals surface area contributed by atoms with Crippen molar-refractivity contribution in [2.75, 3.05) is 7.11 Å². The van der Waals surface area contributed by atoms with Crippen molar-refractivity contribution in [3.8, 4) is 34.3 Å². The van der Waals surface area contributed by atoms with Crippen molar-refractivity contribution in [2.45, 2.75) is 39.7 Å². The minimum absolute atomic E-state index is 0.156. The lowest BCUT2D eigenvalue weighted by Crippen LogP contribution is -2.12. The molecule has 0 N–H and O–H groups in total. The van der Waals surface area contributed by atoms with Gasteiger partial charge in [-0.05, 0) is 47.2 Å². The summed E-state index contributed by atoms with van der Waals surface area (Å²) >= 11 is 0. The van der Waals surface area contributed by atoms with E-state index in [1.54, 1.807) is 12.1 Å². The number of pyridine rings is 1. The highest BCUT2D eigenvalue weighted by Gasteiger charge is 2.22. The van der Waals surface area contributed by atoms with E-state index >= 15 is 0 Å². The number of aryl methyl sites for hydroxylation is 1. The number of aldehydes is 1. The molecular weight excluding hydrogens is 469 g/mol. The maximum atomic E-state index is 13.8. The summed E-state index contributed by atoms with van der Waals surface area (Å²) in [5, 5.41) is 0. The second kappa shape index (κ2) is 10.8. The smallest absolute Gasteiger partial charge is 0.169 e. The average molecular weight is 500 g/mol. The first-order valence-corrected chi connectivity index (χ1v) is 12.0. The first-order valence-electron chi connectivity index (χ1n) is 12.0. The molecule has 0 unspecified atom stereocenters. The van der Waals surface area contributed by atoms with Gasteiger partial charge >= 0.3 is 0 Å². The van der Waals surface area contributed by atoms with E-state index in [0.717, 1.165) is 16.7 Å². The van der Waals surface area contributed by atoms with Crippen LogP contribution in [0.3, 0.4) is 0 Å². The van der Waals surface area contributed by atoms with Crippen LogP contribution in [0.1, 0.15) is 48.0 Å². The van der Waals surface area contributed by atoms with Crippen LogP contribution < -0.4 is 14.2 Å². The van der Waals surface area contributed by atoms with Crippen LogP contribution in [0.15, 0.2) is 72.8 Å². The third-order valence-electron chi connectivity index (χ3n) is 5.95. The summed E-state index contributed by atoms with van der Waals surface area (Å²) in [6.07, 6.45) is 0.696. The Hall–Kier alpha value is -4.19. The molecule has 6 heteroatoms. The Morgan fingerprint density at radius 2 is 1.68 bits per heavy atom. The first-order chi connectivity index (χ1) is 17.7. The zero-order chi connectivity index (χ0) is 26.6. The number of benzene rings is 3. The lowest BCUT2D eigenvalue weighted by Gasteiger charge is -2.23. The summed E-state index contributed by atoms with van der Waals surface area (Å²) in [5.41, 5.74) is 4.28. The molecule has 1 aromatic heterocycles. The van der Waals surface area contributed by atoms with Crippen molar-refractivity contribution in [3.63, 3.8) is 0 Å². The fourth-order valence-electron chi connectivity index (χ4n) is 3.98. The Labute approximate surface area is 216 Å². The Morgan fingerprint density at radius 3 is 2.35 bits per heavy atom. The van der Waals surface area contributed by atoms with Crippen molar-refractivity contribution in [2.24, 2.45) is 0 Å². The molecule has 0 aliphatic carbocycles. The number of ether oxygens (including phenoxy) is 3. The van der Waals surface area contributed by atoms with E-state index in [4.69, 9.17) is 14.2 Å². The fourth-order valence-corrected chi connectivity index (χ4v) is 3.98. The average Bonchev–Trinajstić information content (AvgIpc) is 2.88. The van der Waals surface area contributed by atoms with Gasteiger partial charge in [0.15, 0.2) is 17.8 Å². The number of carbonyl (C=O) groups is 1. The number of carbonyl (C=O) groups excluding carboxylic acids is 1. The molecular formula is C31H30FNO4. The topological polar surface area (TPSA) is 57.7 Å². The minimum Gasteiger partial charge on any atom is -0.493 e. The Kier molecular flexibility index (Phi) is 7.58. The van der Waals surface area contributed by atoms with Crippen LogP contribution >= 0.6 is 0 Å². The van der Waals surface area contributed by atoms with Gasteiger partial charge in [0.05, 0.1) is 12.8 Å². The number of aromatic nitrogens is 1. The third-order valence-corrected chi connectivity index (χ3v) is 5.95. The fraction of sp³-hybridized carbons (Fsp3) is 0.226. The molecule has 0 fully saturated rings. The molecule has 3 aromatic carbocycles. The summed E-state index contributed by atoms with van der Waals surface area (Å²) in [6.45, 7) is 8.67. The molecule has 0 atom stereocenters. The van der Waals surface area contributed by atoms with Gasteiger partial charge < -0.3 is 14.2 Å². The second-order valence-corrected chi connectivity index (χ2v) is 9.82. The van der Waals surface area contributed by atoms with Crippen LogP contribution in [0.25, 0.3) is 11.3 Å². The zero-order valence-corrected chi connectivity index (χ0v) is 21.7. The Morgan fingerprint density at radius 1 is 0.919 bits per heavy atom. The van der Waals surface area contributed by atoms with Crippen LogP contribution in [-0.2, 0) is 12.0 Å². The van der Waals surface area contributed by atoms with Crippen molar-refractivity contribution < 1.29 is 23.4 Å². The SMILES string of the molecule is COc1cc(F)ccc1Oc1cc(C(C)(C)C)cc(C)c1-c1cc(OCc2ccccc2)cc(C=O)n1. The molecule has 0 saturated heterocycles. The van der Waals surface area contributed by atoms with E-state index in [-0.39, 0.29) is 16.9 Å². The van der Waals surface area contributed by atoms with Gasteiger partial charge in [-0.15, -0.1) is 0 Å². The van der Waals surface area contributed by atoms with Crippen LogP contribution in [0.4, 0.5) is 4.39 Å². The summed E-state index contributed by atoms with van der Waals surface area (Å²) in [5.74, 6) is 1.23. The predicted octanol–water partition coefficient (Wildman–Crippen LogP) is 7.69. The van der Waals surface area contributed by atoms with Gasteiger partial charge in [-0.3, -0.25) is 4.79 Å². The number of rotatable bonds is 8. The molecule has 4 aromatic rings. The molecule has 0 aliphatic heterocycles. The molecule has 37 heavy (non-hydrogen) atoms. The molecule has 0 amide bonds. The molecule has 1 heterocycles. The van der Waals surface area contributed by atoms with Gasteiger partial charge in [-0.1, -0.05) is 57.2 Å². The minimum atomic E-state index is -0.426. The quantitative estimate of drug-likeness (QED) is 0.233. The van der Waals surface area contributed by atoms with E-state index in [0.29, 0.717) is 41.4 Å². The molecule has 0 bridgehead atoms. The first kappa shape index (κ1) is 25.9. The largest absolute Gasteiger partial charge is 0.493 e. The van der Waals surface area contributed by atoms with Crippen LogP contribution in [-0.4, -0.2) is 18.4 Å². The second-order valence-electron chi connectivity index (χ2n) is 9.82. The van der Waals surface area contributed by atoms with E-state index in [2.05, 4.69) is 31.8 Å². The predicted molar refractivity (Wildman–Crippen MR) is 142 cm³/mol. The molecule has 190 valence electrons. The van der Waals surface area contributed by atoms with Gasteiger partial charge in [0.25, 0.3) is 0 Å². The van der Waals surface area contributed by atoms with Gasteiger partial charge in [-0.25, -0.2) is 9.37 Å². The molecule has 0 radical (unpaired) electrons. The van der Waals surface area contributed by atoms with Crippen molar-refractivity contribution in [1.29, 1.82) is 0 Å². The Bertz CT molecular complexity index is 1410. The zero-order valence-electron chi connectivity index (χ0n) is 21.7. The van der Waals surface area contributed by atoms with Gasteiger partial charge in [0, 0.05) is 23.8 Å². The van der Waals surface area contributed by atoms with E-state index in [1.807, 2.05) is 43.3 Å². The molecule has 0 spiro atoms. The summed E-state index contributed by atoms with van der Waals surface area (Å²) in [4.78, 5) is 16.3. The van der Waals surface area contributed by atoms with Crippen molar-refractivity contribution in [1.82, 2.24) is 4.98 Å². The van der Waals surface area contributed by atoms with Crippen molar-refractivity contribution in [3.05, 3.63) is 101 Å². The van der Waals surface area contributed by atoms with Gasteiger partial charge in [-0.2, -0.15) is 0 Å². The molecule has 0 aliphatic rings. The maximum Gasteiger partial charge on any atom is 0.169 e. The van der Waals surface area contributed by atoms with Crippen LogP contribution in [0.5, 0.6) is 23.0 Å². The Balaban J connectivity index is 1.83. The lowest BCUT2D eigenvalue weighted by molar-refractivity contribution is 0.111. The van der Waals surface area contributed by atoms with Crippen molar-refractivity contribution >= 4 is 6.29 Å². The normalized spacial score (nSPS) is 11.2. The van der Waals surface area contributed by atoms with Crippen LogP contribution in [0, 0.1) is 12.7 Å². The van der Waals surface area contributed by atoms with Gasteiger partial charge in [0.2, 0.25) is 0 Å². The highest BCUT2D eigenvalue weighted by molar-refractivity contribution is 5.79. The number of halogens is 1. The van der Waals surface area contributed by atoms with Gasteiger partial charge in [0.1, 0.15) is 29.6 Å². The summed E-state index contributed by atoms with van der Waals surface area (Å²) in [6, 6.07) is 21.3.